The van der Waals surface area contributed by atoms with Gasteiger partial charge in [0.25, 0.3) is 0 Å². The summed E-state index contributed by atoms with van der Waals surface area (Å²) >= 11 is 0. The first-order valence-electron chi connectivity index (χ1n) is 14.9. The lowest BCUT2D eigenvalue weighted by molar-refractivity contribution is 0.0516. The Morgan fingerprint density at radius 1 is 0.714 bits per heavy atom. The Kier molecular flexibility index (Phi) is 8.24. The van der Waals surface area contributed by atoms with Gasteiger partial charge in [0.2, 0.25) is 11.6 Å². The van der Waals surface area contributed by atoms with Crippen molar-refractivity contribution in [3.63, 3.8) is 0 Å². The molecule has 1 heterocycles. The highest BCUT2D eigenvalue weighted by Gasteiger charge is 2.38. The van der Waals surface area contributed by atoms with E-state index in [1.807, 2.05) is 0 Å². The van der Waals surface area contributed by atoms with Crippen molar-refractivity contribution in [2.24, 2.45) is 35.5 Å². The Morgan fingerprint density at radius 2 is 1.23 bits per heavy atom. The lowest BCUT2D eigenvalue weighted by Crippen LogP contribution is -2.36. The molecule has 1 aromatic rings. The van der Waals surface area contributed by atoms with Gasteiger partial charge in [0.05, 0.1) is 6.61 Å². The molecule has 4 aliphatic rings. The van der Waals surface area contributed by atoms with Gasteiger partial charge in [-0.25, -0.2) is 0 Å². The van der Waals surface area contributed by atoms with E-state index in [2.05, 4.69) is 6.92 Å². The number of aryl methyl sites for hydroxylation is 1. The summed E-state index contributed by atoms with van der Waals surface area (Å²) in [6, 6.07) is 1.64. The number of benzene rings is 1. The van der Waals surface area contributed by atoms with Crippen molar-refractivity contribution >= 4 is 0 Å². The normalized spacial score (nSPS) is 35.7. The summed E-state index contributed by atoms with van der Waals surface area (Å²) in [5, 5.41) is 0. The monoisotopic (exact) mass is 488 g/mol. The van der Waals surface area contributed by atoms with Crippen molar-refractivity contribution < 1.29 is 18.3 Å². The Balaban J connectivity index is 1.09. The minimum absolute atomic E-state index is 0.00895. The van der Waals surface area contributed by atoms with Crippen LogP contribution in [0.2, 0.25) is 0 Å². The molecule has 0 spiro atoms. The van der Waals surface area contributed by atoms with Crippen LogP contribution in [0.4, 0.5) is 8.78 Å². The van der Waals surface area contributed by atoms with E-state index in [-0.39, 0.29) is 17.6 Å². The fourth-order valence-corrected chi connectivity index (χ4v) is 8.19. The first kappa shape index (κ1) is 25.3. The van der Waals surface area contributed by atoms with Crippen molar-refractivity contribution in [3.05, 3.63) is 23.3 Å². The lowest BCUT2D eigenvalue weighted by Gasteiger charge is -2.42. The molecule has 3 fully saturated rings. The van der Waals surface area contributed by atoms with E-state index in [4.69, 9.17) is 9.47 Å². The maximum atomic E-state index is 14.7. The molecule has 1 unspecified atom stereocenters. The van der Waals surface area contributed by atoms with Gasteiger partial charge in [-0.05, 0) is 126 Å². The van der Waals surface area contributed by atoms with Crippen molar-refractivity contribution in [2.75, 3.05) is 6.61 Å². The molecule has 0 saturated heterocycles. The van der Waals surface area contributed by atoms with Crippen LogP contribution in [0.5, 0.6) is 11.5 Å². The number of fused-ring (bicyclic) bond motifs is 1. The summed E-state index contributed by atoms with van der Waals surface area (Å²) in [6.45, 7) is 4.47. The molecular weight excluding hydrogens is 442 g/mol. The Bertz CT molecular complexity index is 831. The van der Waals surface area contributed by atoms with E-state index in [1.165, 1.54) is 83.5 Å². The average molecular weight is 489 g/mol. The molecule has 1 atom stereocenters. The summed E-state index contributed by atoms with van der Waals surface area (Å²) < 4.78 is 40.5. The molecule has 4 heteroatoms. The third-order valence-corrected chi connectivity index (χ3v) is 10.4. The largest absolute Gasteiger partial charge is 0.491 e. The minimum Gasteiger partial charge on any atom is -0.491 e. The second-order valence-corrected chi connectivity index (χ2v) is 12.2. The van der Waals surface area contributed by atoms with Crippen LogP contribution in [0, 0.1) is 47.1 Å². The molecule has 0 N–H and O–H groups in total. The molecular formula is C31H46F2O2. The van der Waals surface area contributed by atoms with Gasteiger partial charge < -0.3 is 9.47 Å². The summed E-state index contributed by atoms with van der Waals surface area (Å²) in [6.07, 6.45) is 19.7. The van der Waals surface area contributed by atoms with Crippen LogP contribution in [-0.4, -0.2) is 12.7 Å². The van der Waals surface area contributed by atoms with E-state index in [9.17, 15) is 8.78 Å². The topological polar surface area (TPSA) is 18.5 Å². The molecule has 196 valence electrons. The van der Waals surface area contributed by atoms with Crippen LogP contribution in [0.25, 0.3) is 0 Å². The van der Waals surface area contributed by atoms with E-state index < -0.39 is 11.6 Å². The van der Waals surface area contributed by atoms with Crippen LogP contribution < -0.4 is 9.47 Å². The number of rotatable bonds is 6. The van der Waals surface area contributed by atoms with Gasteiger partial charge in [0, 0.05) is 5.56 Å². The molecule has 0 aromatic heterocycles. The predicted molar refractivity (Wildman–Crippen MR) is 137 cm³/mol. The number of hydrogen-bond acceptors (Lipinski definition) is 2. The van der Waals surface area contributed by atoms with Crippen molar-refractivity contribution in [2.45, 2.75) is 116 Å². The molecule has 0 amide bonds. The first-order chi connectivity index (χ1) is 17.1. The average Bonchev–Trinajstić information content (AvgIpc) is 2.92. The molecule has 35 heavy (non-hydrogen) atoms. The molecule has 2 nitrogen and oxygen atoms in total. The zero-order valence-corrected chi connectivity index (χ0v) is 22.0. The van der Waals surface area contributed by atoms with Gasteiger partial charge in [-0.2, -0.15) is 8.78 Å². The van der Waals surface area contributed by atoms with Gasteiger partial charge in [-0.3, -0.25) is 0 Å². The van der Waals surface area contributed by atoms with Crippen molar-refractivity contribution in [1.82, 2.24) is 0 Å². The van der Waals surface area contributed by atoms with Gasteiger partial charge in [0.15, 0.2) is 11.5 Å². The molecule has 5 rings (SSSR count). The smallest absolute Gasteiger partial charge is 0.204 e. The zero-order chi connectivity index (χ0) is 24.4. The summed E-state index contributed by atoms with van der Waals surface area (Å²) in [5.41, 5.74) is 0.747. The molecule has 0 bridgehead atoms. The van der Waals surface area contributed by atoms with E-state index in [0.29, 0.717) is 12.5 Å². The zero-order valence-electron chi connectivity index (χ0n) is 22.0. The highest BCUT2D eigenvalue weighted by Crippen LogP contribution is 2.47. The van der Waals surface area contributed by atoms with Crippen LogP contribution in [-0.2, 0) is 6.42 Å². The van der Waals surface area contributed by atoms with Gasteiger partial charge in [-0.15, -0.1) is 0 Å². The third kappa shape index (κ3) is 5.52. The Morgan fingerprint density at radius 3 is 1.74 bits per heavy atom. The number of halogens is 2. The summed E-state index contributed by atoms with van der Waals surface area (Å²) in [7, 11) is 0. The summed E-state index contributed by atoms with van der Waals surface area (Å²) in [5.74, 6) is 3.61. The Hall–Kier alpha value is -1.32. The van der Waals surface area contributed by atoms with Crippen LogP contribution >= 0.6 is 0 Å². The van der Waals surface area contributed by atoms with Gasteiger partial charge >= 0.3 is 0 Å². The van der Waals surface area contributed by atoms with Crippen molar-refractivity contribution in [3.8, 4) is 11.5 Å². The second-order valence-electron chi connectivity index (χ2n) is 12.2. The van der Waals surface area contributed by atoms with Gasteiger partial charge in [-0.1, -0.05) is 26.2 Å². The quantitative estimate of drug-likeness (QED) is 0.398. The molecule has 3 aliphatic carbocycles. The van der Waals surface area contributed by atoms with Crippen LogP contribution in [0.3, 0.4) is 0 Å². The predicted octanol–water partition coefficient (Wildman–Crippen LogP) is 8.89. The standard InChI is InChI=1S/C31H46F2O2/c1-3-20-5-7-21(8-6-20)22-9-11-23(12-10-22)24-13-15-25(16-14-24)27-18-17-26-19-28(34-4-2)29(32)30(33)31(26)35-27/h19-25,27H,3-18H2,1-2H3. The Labute approximate surface area is 211 Å². The van der Waals surface area contributed by atoms with E-state index >= 15 is 0 Å². The first-order valence-corrected chi connectivity index (χ1v) is 14.9. The lowest BCUT2D eigenvalue weighted by atomic mass is 9.64. The minimum atomic E-state index is -0.913. The highest BCUT2D eigenvalue weighted by atomic mass is 19.2. The van der Waals surface area contributed by atoms with E-state index in [0.717, 1.165) is 48.0 Å². The molecule has 1 aromatic carbocycles. The fourth-order valence-electron chi connectivity index (χ4n) is 8.19. The fraction of sp³-hybridized carbons (Fsp3) is 0.806. The van der Waals surface area contributed by atoms with Crippen LogP contribution in [0.15, 0.2) is 6.07 Å². The maximum Gasteiger partial charge on any atom is 0.204 e. The maximum absolute atomic E-state index is 14.7. The van der Waals surface area contributed by atoms with E-state index in [1.54, 1.807) is 13.0 Å². The molecule has 1 aliphatic heterocycles. The highest BCUT2D eigenvalue weighted by molar-refractivity contribution is 5.44. The van der Waals surface area contributed by atoms with Crippen LogP contribution in [0.1, 0.15) is 109 Å². The number of hydrogen-bond donors (Lipinski definition) is 0. The van der Waals surface area contributed by atoms with Gasteiger partial charge in [0.1, 0.15) is 6.10 Å². The second kappa shape index (κ2) is 11.4. The molecule has 0 radical (unpaired) electrons. The van der Waals surface area contributed by atoms with Crippen molar-refractivity contribution in [1.29, 1.82) is 0 Å². The SMILES string of the molecule is CCOc1cc2c(c(F)c1F)OC(C1CCC(C3CCC(C4CCC(CC)CC4)CC3)CC1)CC2. The molecule has 3 saturated carbocycles. The number of ether oxygens (including phenoxy) is 2. The third-order valence-electron chi connectivity index (χ3n) is 10.4. The summed E-state index contributed by atoms with van der Waals surface area (Å²) in [4.78, 5) is 0.